The number of hydrogen-bond acceptors (Lipinski definition) is 4. The molecule has 84 valence electrons. The lowest BCUT2D eigenvalue weighted by molar-refractivity contribution is 0.888. The average Bonchev–Trinajstić information content (AvgIpc) is 2.71. The number of nitrogens with one attached hydrogen (secondary N) is 1. The van der Waals surface area contributed by atoms with Gasteiger partial charge in [0.1, 0.15) is 17.3 Å². The molecule has 0 spiro atoms. The summed E-state index contributed by atoms with van der Waals surface area (Å²) in [5, 5.41) is 7.77. The standard InChI is InChI=1S/C10H12ClN5/c1-4-6(2)14-9-7(3)8(11)15-10-12-5-13-16(9)10/h4-6,14H,1H2,2-3H3. The van der Waals surface area contributed by atoms with Crippen LogP contribution in [0.25, 0.3) is 5.78 Å². The molecule has 0 amide bonds. The van der Waals surface area contributed by atoms with Crippen molar-refractivity contribution in [3.8, 4) is 0 Å². The average molecular weight is 238 g/mol. The molecule has 0 saturated carbocycles. The van der Waals surface area contributed by atoms with Gasteiger partial charge in [-0.25, -0.2) is 0 Å². The van der Waals surface area contributed by atoms with Crippen LogP contribution in [0.2, 0.25) is 5.15 Å². The Morgan fingerprint density at radius 2 is 2.38 bits per heavy atom. The van der Waals surface area contributed by atoms with Crippen LogP contribution in [0.3, 0.4) is 0 Å². The van der Waals surface area contributed by atoms with Gasteiger partial charge in [0.05, 0.1) is 0 Å². The number of anilines is 1. The lowest BCUT2D eigenvalue weighted by Gasteiger charge is -2.14. The van der Waals surface area contributed by atoms with E-state index in [-0.39, 0.29) is 6.04 Å². The first-order chi connectivity index (χ1) is 7.63. The van der Waals surface area contributed by atoms with Crippen LogP contribution in [0.15, 0.2) is 19.0 Å². The van der Waals surface area contributed by atoms with E-state index in [1.807, 2.05) is 13.8 Å². The summed E-state index contributed by atoms with van der Waals surface area (Å²) in [4.78, 5) is 8.12. The first kappa shape index (κ1) is 10.9. The minimum Gasteiger partial charge on any atom is -0.364 e. The highest BCUT2D eigenvalue weighted by atomic mass is 35.5. The minimum absolute atomic E-state index is 0.115. The minimum atomic E-state index is 0.115. The molecule has 0 bridgehead atoms. The number of fused-ring (bicyclic) bond motifs is 1. The molecule has 6 heteroatoms. The quantitative estimate of drug-likeness (QED) is 0.656. The molecule has 0 saturated heterocycles. The Kier molecular flexibility index (Phi) is 2.78. The van der Waals surface area contributed by atoms with Crippen LogP contribution in [0.4, 0.5) is 5.82 Å². The molecular formula is C10H12ClN5. The molecule has 0 fully saturated rings. The predicted octanol–water partition coefficient (Wildman–Crippen LogP) is 2.07. The third kappa shape index (κ3) is 1.74. The van der Waals surface area contributed by atoms with Gasteiger partial charge in [-0.1, -0.05) is 17.7 Å². The van der Waals surface area contributed by atoms with E-state index in [4.69, 9.17) is 11.6 Å². The van der Waals surface area contributed by atoms with Crippen molar-refractivity contribution in [2.24, 2.45) is 0 Å². The normalized spacial score (nSPS) is 12.7. The molecule has 0 aromatic carbocycles. The van der Waals surface area contributed by atoms with Crippen LogP contribution in [0, 0.1) is 6.92 Å². The van der Waals surface area contributed by atoms with Gasteiger partial charge < -0.3 is 5.32 Å². The maximum Gasteiger partial charge on any atom is 0.255 e. The predicted molar refractivity (Wildman–Crippen MR) is 63.8 cm³/mol. The van der Waals surface area contributed by atoms with Gasteiger partial charge in [0.25, 0.3) is 5.78 Å². The molecule has 1 unspecified atom stereocenters. The fourth-order valence-electron chi connectivity index (χ4n) is 1.34. The molecule has 2 aromatic rings. The van der Waals surface area contributed by atoms with Crippen molar-refractivity contribution in [3.63, 3.8) is 0 Å². The number of aromatic nitrogens is 4. The Morgan fingerprint density at radius 3 is 3.06 bits per heavy atom. The second kappa shape index (κ2) is 4.09. The fourth-order valence-corrected chi connectivity index (χ4v) is 1.51. The van der Waals surface area contributed by atoms with E-state index < -0.39 is 0 Å². The van der Waals surface area contributed by atoms with Gasteiger partial charge in [0.2, 0.25) is 0 Å². The molecule has 16 heavy (non-hydrogen) atoms. The second-order valence-electron chi connectivity index (χ2n) is 3.52. The van der Waals surface area contributed by atoms with Gasteiger partial charge in [0.15, 0.2) is 0 Å². The van der Waals surface area contributed by atoms with Crippen molar-refractivity contribution in [2.45, 2.75) is 19.9 Å². The number of halogens is 1. The van der Waals surface area contributed by atoms with E-state index in [1.54, 1.807) is 10.6 Å². The summed E-state index contributed by atoms with van der Waals surface area (Å²) in [6, 6.07) is 0.115. The van der Waals surface area contributed by atoms with Crippen LogP contribution < -0.4 is 5.32 Å². The van der Waals surface area contributed by atoms with E-state index in [0.29, 0.717) is 10.9 Å². The van der Waals surface area contributed by atoms with Crippen molar-refractivity contribution in [1.29, 1.82) is 0 Å². The summed E-state index contributed by atoms with van der Waals surface area (Å²) >= 11 is 6.02. The Hall–Kier alpha value is -1.62. The van der Waals surface area contributed by atoms with Gasteiger partial charge >= 0.3 is 0 Å². The SMILES string of the molecule is C=CC(C)Nc1c(C)c(Cl)nc2ncnn12. The summed E-state index contributed by atoms with van der Waals surface area (Å²) in [5.74, 6) is 1.27. The largest absolute Gasteiger partial charge is 0.364 e. The summed E-state index contributed by atoms with van der Waals surface area (Å²) in [7, 11) is 0. The Bertz CT molecular complexity index is 533. The number of rotatable bonds is 3. The Morgan fingerprint density at radius 1 is 1.62 bits per heavy atom. The van der Waals surface area contributed by atoms with Crippen LogP contribution >= 0.6 is 11.6 Å². The molecule has 2 heterocycles. The topological polar surface area (TPSA) is 55.1 Å². The summed E-state index contributed by atoms with van der Waals surface area (Å²) in [6.45, 7) is 7.59. The van der Waals surface area contributed by atoms with E-state index in [1.165, 1.54) is 6.33 Å². The van der Waals surface area contributed by atoms with Crippen molar-refractivity contribution in [3.05, 3.63) is 29.7 Å². The molecule has 1 atom stereocenters. The van der Waals surface area contributed by atoms with E-state index in [9.17, 15) is 0 Å². The fraction of sp³-hybridized carbons (Fsp3) is 0.300. The second-order valence-corrected chi connectivity index (χ2v) is 3.87. The van der Waals surface area contributed by atoms with Crippen LogP contribution in [-0.2, 0) is 0 Å². The van der Waals surface area contributed by atoms with Crippen molar-refractivity contribution >= 4 is 23.2 Å². The van der Waals surface area contributed by atoms with Crippen molar-refractivity contribution < 1.29 is 0 Å². The number of nitrogens with zero attached hydrogens (tertiary/aromatic N) is 4. The maximum atomic E-state index is 6.02. The van der Waals surface area contributed by atoms with Gasteiger partial charge in [-0.2, -0.15) is 19.6 Å². The molecule has 0 aliphatic heterocycles. The first-order valence-corrected chi connectivity index (χ1v) is 5.26. The monoisotopic (exact) mass is 237 g/mol. The first-order valence-electron chi connectivity index (χ1n) is 4.88. The summed E-state index contributed by atoms with van der Waals surface area (Å²) in [5.41, 5.74) is 0.841. The Labute approximate surface area is 98.2 Å². The van der Waals surface area contributed by atoms with Crippen LogP contribution in [0.5, 0.6) is 0 Å². The molecule has 2 aromatic heterocycles. The third-order valence-electron chi connectivity index (χ3n) is 2.32. The number of hydrogen-bond donors (Lipinski definition) is 1. The smallest absolute Gasteiger partial charge is 0.255 e. The van der Waals surface area contributed by atoms with Gasteiger partial charge in [-0.15, -0.1) is 6.58 Å². The summed E-state index contributed by atoms with van der Waals surface area (Å²) < 4.78 is 1.63. The van der Waals surface area contributed by atoms with E-state index in [2.05, 4.69) is 27.0 Å². The molecular weight excluding hydrogens is 226 g/mol. The molecule has 0 radical (unpaired) electrons. The zero-order valence-electron chi connectivity index (χ0n) is 9.11. The zero-order chi connectivity index (χ0) is 11.7. The van der Waals surface area contributed by atoms with Gasteiger partial charge in [0, 0.05) is 11.6 Å². The molecule has 5 nitrogen and oxygen atoms in total. The highest BCUT2D eigenvalue weighted by Crippen LogP contribution is 2.22. The van der Waals surface area contributed by atoms with E-state index in [0.717, 1.165) is 11.4 Å². The lowest BCUT2D eigenvalue weighted by Crippen LogP contribution is -2.16. The molecule has 0 aliphatic carbocycles. The molecule has 0 aliphatic rings. The van der Waals surface area contributed by atoms with Crippen molar-refractivity contribution in [2.75, 3.05) is 5.32 Å². The summed E-state index contributed by atoms with van der Waals surface area (Å²) in [6.07, 6.45) is 3.25. The van der Waals surface area contributed by atoms with Crippen LogP contribution in [-0.4, -0.2) is 25.6 Å². The molecule has 1 N–H and O–H groups in total. The Balaban J connectivity index is 2.59. The maximum absolute atomic E-state index is 6.02. The lowest BCUT2D eigenvalue weighted by atomic mass is 10.3. The van der Waals surface area contributed by atoms with Crippen molar-refractivity contribution in [1.82, 2.24) is 19.6 Å². The van der Waals surface area contributed by atoms with Gasteiger partial charge in [-0.05, 0) is 13.8 Å². The zero-order valence-corrected chi connectivity index (χ0v) is 9.86. The third-order valence-corrected chi connectivity index (χ3v) is 2.69. The molecule has 2 rings (SSSR count). The highest BCUT2D eigenvalue weighted by molar-refractivity contribution is 6.30. The highest BCUT2D eigenvalue weighted by Gasteiger charge is 2.12. The van der Waals surface area contributed by atoms with Gasteiger partial charge in [-0.3, -0.25) is 0 Å². The van der Waals surface area contributed by atoms with Crippen LogP contribution in [0.1, 0.15) is 12.5 Å². The van der Waals surface area contributed by atoms with E-state index >= 15 is 0 Å².